The summed E-state index contributed by atoms with van der Waals surface area (Å²) in [5.74, 6) is 0.993. The van der Waals surface area contributed by atoms with E-state index < -0.39 is 0 Å². The number of alkyl halides is 1. The van der Waals surface area contributed by atoms with Crippen LogP contribution in [0.25, 0.3) is 0 Å². The summed E-state index contributed by atoms with van der Waals surface area (Å²) in [5.41, 5.74) is 1.44. The Morgan fingerprint density at radius 3 is 3.00 bits per heavy atom. The van der Waals surface area contributed by atoms with Gasteiger partial charge in [-0.25, -0.2) is 0 Å². The summed E-state index contributed by atoms with van der Waals surface area (Å²) in [5, 5.41) is 0. The fourth-order valence-electron chi connectivity index (χ4n) is 1.77. The van der Waals surface area contributed by atoms with Crippen molar-refractivity contribution in [2.24, 2.45) is 0 Å². The van der Waals surface area contributed by atoms with Crippen molar-refractivity contribution < 1.29 is 9.53 Å². The summed E-state index contributed by atoms with van der Waals surface area (Å²) in [6.07, 6.45) is 0. The lowest BCUT2D eigenvalue weighted by Crippen LogP contribution is -2.34. The highest BCUT2D eigenvalue weighted by molar-refractivity contribution is 6.19. The Morgan fingerprint density at radius 2 is 2.24 bits per heavy atom. The molecule has 1 heterocycles. The molecule has 0 atom stereocenters. The molecule has 0 fully saturated rings. The lowest BCUT2D eigenvalue weighted by molar-refractivity contribution is 0.0771. The summed E-state index contributed by atoms with van der Waals surface area (Å²) in [7, 11) is 0. The Hall–Kier alpha value is -1.48. The molecule has 1 aromatic carbocycles. The third-order valence-corrected chi connectivity index (χ3v) is 3.00. The minimum absolute atomic E-state index is 0.0237. The summed E-state index contributed by atoms with van der Waals surface area (Å²) < 4.78 is 5.54. The number of hydrogen-bond donors (Lipinski definition) is 0. The van der Waals surface area contributed by atoms with Gasteiger partial charge in [0.1, 0.15) is 12.4 Å². The summed E-state index contributed by atoms with van der Waals surface area (Å²) in [6.45, 7) is 5.37. The third kappa shape index (κ3) is 2.61. The van der Waals surface area contributed by atoms with Crippen molar-refractivity contribution in [3.63, 3.8) is 0 Å². The highest BCUT2D eigenvalue weighted by Gasteiger charge is 2.22. The Morgan fingerprint density at radius 1 is 1.47 bits per heavy atom. The summed E-state index contributed by atoms with van der Waals surface area (Å²) in [4.78, 5) is 14.0. The molecule has 0 aromatic heterocycles. The summed E-state index contributed by atoms with van der Waals surface area (Å²) in [6, 6.07) is 7.28. The van der Waals surface area contributed by atoms with Crippen molar-refractivity contribution in [3.8, 4) is 5.75 Å². The van der Waals surface area contributed by atoms with Crippen LogP contribution in [-0.2, 0) is 0 Å². The summed E-state index contributed by atoms with van der Waals surface area (Å²) >= 11 is 5.69. The largest absolute Gasteiger partial charge is 0.491 e. The normalized spacial score (nSPS) is 14.9. The van der Waals surface area contributed by atoms with E-state index in [9.17, 15) is 4.79 Å². The Kier molecular flexibility index (Phi) is 3.69. The number of carbonyl (C=O) groups is 1. The maximum atomic E-state index is 12.2. The number of amides is 1. The number of nitrogens with zero attached hydrogens (tertiary/aromatic N) is 1. The minimum Gasteiger partial charge on any atom is -0.491 e. The molecular formula is C13H14ClNO2. The SMILES string of the molecule is C=C(CCl)CN1CCOc2ccccc2C1=O. The van der Waals surface area contributed by atoms with Crippen LogP contribution in [0.1, 0.15) is 10.4 Å². The Labute approximate surface area is 106 Å². The van der Waals surface area contributed by atoms with E-state index in [1.165, 1.54) is 0 Å². The predicted octanol–water partition coefficient (Wildman–Crippen LogP) is 2.32. The molecule has 1 aliphatic rings. The molecule has 3 nitrogen and oxygen atoms in total. The smallest absolute Gasteiger partial charge is 0.258 e. The topological polar surface area (TPSA) is 29.5 Å². The molecule has 0 saturated carbocycles. The number of hydrogen-bond acceptors (Lipinski definition) is 2. The molecular weight excluding hydrogens is 238 g/mol. The number of fused-ring (bicyclic) bond motifs is 1. The van der Waals surface area contributed by atoms with Crippen molar-refractivity contribution in [3.05, 3.63) is 42.0 Å². The van der Waals surface area contributed by atoms with Gasteiger partial charge in [0, 0.05) is 12.4 Å². The quantitative estimate of drug-likeness (QED) is 0.610. The second-order valence-electron chi connectivity index (χ2n) is 3.95. The van der Waals surface area contributed by atoms with Crippen LogP contribution in [0.2, 0.25) is 0 Å². The van der Waals surface area contributed by atoms with E-state index in [4.69, 9.17) is 16.3 Å². The van der Waals surface area contributed by atoms with E-state index in [0.29, 0.717) is 36.9 Å². The molecule has 1 amide bonds. The zero-order valence-corrected chi connectivity index (χ0v) is 10.2. The van der Waals surface area contributed by atoms with E-state index >= 15 is 0 Å². The van der Waals surface area contributed by atoms with Gasteiger partial charge in [-0.15, -0.1) is 11.6 Å². The molecule has 1 aliphatic heterocycles. The van der Waals surface area contributed by atoms with Crippen LogP contribution < -0.4 is 4.74 Å². The standard InChI is InChI=1S/C13H14ClNO2/c1-10(8-14)9-15-6-7-17-12-5-3-2-4-11(12)13(15)16/h2-5H,1,6-9H2. The van der Waals surface area contributed by atoms with Gasteiger partial charge in [0.15, 0.2) is 0 Å². The molecule has 0 aliphatic carbocycles. The molecule has 90 valence electrons. The number of carbonyl (C=O) groups excluding carboxylic acids is 1. The van der Waals surface area contributed by atoms with Crippen LogP contribution >= 0.6 is 11.6 Å². The number of halogens is 1. The first-order valence-corrected chi connectivity index (χ1v) is 5.99. The Bertz CT molecular complexity index is 445. The zero-order chi connectivity index (χ0) is 12.3. The van der Waals surface area contributed by atoms with Gasteiger partial charge in [0.25, 0.3) is 5.91 Å². The highest BCUT2D eigenvalue weighted by atomic mass is 35.5. The number of rotatable bonds is 3. The molecule has 0 saturated heterocycles. The lowest BCUT2D eigenvalue weighted by atomic mass is 10.1. The van der Waals surface area contributed by atoms with Crippen molar-refractivity contribution in [2.75, 3.05) is 25.6 Å². The van der Waals surface area contributed by atoms with Gasteiger partial charge in [0.2, 0.25) is 0 Å². The maximum Gasteiger partial charge on any atom is 0.258 e. The lowest BCUT2D eigenvalue weighted by Gasteiger charge is -2.20. The average Bonchev–Trinajstić information content (AvgIpc) is 2.51. The molecule has 1 aromatic rings. The fraction of sp³-hybridized carbons (Fsp3) is 0.308. The predicted molar refractivity (Wildman–Crippen MR) is 67.7 cm³/mol. The van der Waals surface area contributed by atoms with Gasteiger partial charge in [0.05, 0.1) is 12.1 Å². The highest BCUT2D eigenvalue weighted by Crippen LogP contribution is 2.22. The van der Waals surface area contributed by atoms with Crippen LogP contribution in [0.15, 0.2) is 36.4 Å². The van der Waals surface area contributed by atoms with Crippen LogP contribution in [0.4, 0.5) is 0 Å². The fourth-order valence-corrected chi connectivity index (χ4v) is 1.85. The zero-order valence-electron chi connectivity index (χ0n) is 9.49. The third-order valence-electron chi connectivity index (χ3n) is 2.63. The van der Waals surface area contributed by atoms with Gasteiger partial charge >= 0.3 is 0 Å². The molecule has 0 spiro atoms. The van der Waals surface area contributed by atoms with Crippen LogP contribution in [-0.4, -0.2) is 36.4 Å². The second-order valence-corrected chi connectivity index (χ2v) is 4.22. The van der Waals surface area contributed by atoms with Gasteiger partial charge in [-0.1, -0.05) is 18.7 Å². The van der Waals surface area contributed by atoms with Crippen LogP contribution in [0.3, 0.4) is 0 Å². The average molecular weight is 252 g/mol. The molecule has 2 rings (SSSR count). The van der Waals surface area contributed by atoms with Gasteiger partial charge < -0.3 is 9.64 Å². The van der Waals surface area contributed by atoms with Gasteiger partial charge in [-0.2, -0.15) is 0 Å². The van der Waals surface area contributed by atoms with Gasteiger partial charge in [-0.05, 0) is 17.7 Å². The molecule has 0 bridgehead atoms. The van der Waals surface area contributed by atoms with E-state index in [1.807, 2.05) is 18.2 Å². The van der Waals surface area contributed by atoms with Crippen LogP contribution in [0.5, 0.6) is 5.75 Å². The number of para-hydroxylation sites is 1. The van der Waals surface area contributed by atoms with Gasteiger partial charge in [-0.3, -0.25) is 4.79 Å². The monoisotopic (exact) mass is 251 g/mol. The van der Waals surface area contributed by atoms with E-state index in [1.54, 1.807) is 11.0 Å². The van der Waals surface area contributed by atoms with Crippen molar-refractivity contribution in [2.45, 2.75) is 0 Å². The minimum atomic E-state index is -0.0237. The molecule has 4 heteroatoms. The number of ether oxygens (including phenoxy) is 1. The van der Waals surface area contributed by atoms with Crippen molar-refractivity contribution >= 4 is 17.5 Å². The first kappa shape index (κ1) is 12.0. The first-order valence-electron chi connectivity index (χ1n) is 5.46. The molecule has 17 heavy (non-hydrogen) atoms. The van der Waals surface area contributed by atoms with Crippen LogP contribution in [0, 0.1) is 0 Å². The second kappa shape index (κ2) is 5.23. The van der Waals surface area contributed by atoms with E-state index in [-0.39, 0.29) is 5.91 Å². The number of benzene rings is 1. The van der Waals surface area contributed by atoms with E-state index in [2.05, 4.69) is 6.58 Å². The van der Waals surface area contributed by atoms with Crippen molar-refractivity contribution in [1.82, 2.24) is 4.90 Å². The molecule has 0 N–H and O–H groups in total. The molecule has 0 unspecified atom stereocenters. The maximum absolute atomic E-state index is 12.2. The van der Waals surface area contributed by atoms with E-state index in [0.717, 1.165) is 5.57 Å². The molecule has 0 radical (unpaired) electrons. The Balaban J connectivity index is 2.23. The van der Waals surface area contributed by atoms with Crippen molar-refractivity contribution in [1.29, 1.82) is 0 Å². The first-order chi connectivity index (χ1) is 8.22.